The van der Waals surface area contributed by atoms with Crippen LogP contribution in [0.15, 0.2) is 12.1 Å². The van der Waals surface area contributed by atoms with Gasteiger partial charge in [-0.25, -0.2) is 0 Å². The van der Waals surface area contributed by atoms with Crippen molar-refractivity contribution in [3.05, 3.63) is 23.3 Å². The summed E-state index contributed by atoms with van der Waals surface area (Å²) in [7, 11) is 3.20. The van der Waals surface area contributed by atoms with E-state index in [-0.39, 0.29) is 11.6 Å². The van der Waals surface area contributed by atoms with Crippen LogP contribution in [0.1, 0.15) is 37.8 Å². The minimum Gasteiger partial charge on any atom is -0.496 e. The molecule has 4 nitrogen and oxygen atoms in total. The fourth-order valence-electron chi connectivity index (χ4n) is 2.05. The summed E-state index contributed by atoms with van der Waals surface area (Å²) in [4.78, 5) is 22.3. The van der Waals surface area contributed by atoms with E-state index < -0.39 is 0 Å². The minimum absolute atomic E-state index is 0.146. The molecule has 0 spiro atoms. The van der Waals surface area contributed by atoms with Gasteiger partial charge in [0.1, 0.15) is 23.1 Å². The van der Waals surface area contributed by atoms with Gasteiger partial charge in [-0.15, -0.1) is 0 Å². The first-order chi connectivity index (χ1) is 9.47. The lowest BCUT2D eigenvalue weighted by Crippen LogP contribution is -2.02. The molecular weight excluding hydrogens is 256 g/mol. The number of benzene rings is 1. The molecule has 4 heteroatoms. The number of carbonyl (C=O) groups excluding carboxylic acids is 2. The molecule has 0 N–H and O–H groups in total. The van der Waals surface area contributed by atoms with Crippen molar-refractivity contribution in [2.45, 2.75) is 39.5 Å². The van der Waals surface area contributed by atoms with Gasteiger partial charge in [-0.2, -0.15) is 0 Å². The fourth-order valence-corrected chi connectivity index (χ4v) is 2.05. The van der Waals surface area contributed by atoms with E-state index in [2.05, 4.69) is 0 Å². The Morgan fingerprint density at radius 3 is 1.55 bits per heavy atom. The van der Waals surface area contributed by atoms with Gasteiger partial charge in [0.25, 0.3) is 0 Å². The Labute approximate surface area is 120 Å². The molecular formula is C16H22O4. The van der Waals surface area contributed by atoms with Crippen molar-refractivity contribution in [3.8, 4) is 11.5 Å². The molecule has 0 aromatic heterocycles. The van der Waals surface area contributed by atoms with Crippen LogP contribution < -0.4 is 9.47 Å². The van der Waals surface area contributed by atoms with Gasteiger partial charge < -0.3 is 19.1 Å². The highest BCUT2D eigenvalue weighted by Crippen LogP contribution is 2.30. The first-order valence-corrected chi connectivity index (χ1v) is 6.70. The number of ether oxygens (including phenoxy) is 2. The van der Waals surface area contributed by atoms with Gasteiger partial charge >= 0.3 is 0 Å². The van der Waals surface area contributed by atoms with Crippen molar-refractivity contribution in [1.82, 2.24) is 0 Å². The largest absolute Gasteiger partial charge is 0.496 e. The zero-order valence-electron chi connectivity index (χ0n) is 12.6. The Bertz CT molecular complexity index is 450. The first kappa shape index (κ1) is 16.2. The van der Waals surface area contributed by atoms with Gasteiger partial charge in [-0.05, 0) is 43.9 Å². The molecule has 0 atom stereocenters. The van der Waals surface area contributed by atoms with Gasteiger partial charge in [0.15, 0.2) is 0 Å². The Morgan fingerprint density at radius 1 is 0.850 bits per heavy atom. The summed E-state index contributed by atoms with van der Waals surface area (Å²) in [6.45, 7) is 3.15. The molecule has 1 rings (SSSR count). The fraction of sp³-hybridized carbons (Fsp3) is 0.500. The van der Waals surface area contributed by atoms with Crippen LogP contribution in [0.4, 0.5) is 0 Å². The second-order valence-corrected chi connectivity index (χ2v) is 4.88. The van der Waals surface area contributed by atoms with Crippen LogP contribution in [0.5, 0.6) is 11.5 Å². The quantitative estimate of drug-likeness (QED) is 0.733. The second-order valence-electron chi connectivity index (χ2n) is 4.88. The van der Waals surface area contributed by atoms with Crippen LogP contribution in [-0.4, -0.2) is 25.8 Å². The predicted octanol–water partition coefficient (Wildman–Crippen LogP) is 2.75. The lowest BCUT2D eigenvalue weighted by molar-refractivity contribution is -0.117. The number of Topliss-reactive ketones (excluding diaryl/α,β-unsaturated/α-hetero) is 2. The number of ketones is 2. The standard InChI is InChI=1S/C16H22O4/c1-11(17)5-7-13-9-14(8-6-12(2)18)16(20-4)10-15(13)19-3/h9-10H,5-8H2,1-4H3. The van der Waals surface area contributed by atoms with E-state index in [0.717, 1.165) is 22.6 Å². The average Bonchev–Trinajstić information content (AvgIpc) is 2.42. The average molecular weight is 278 g/mol. The summed E-state index contributed by atoms with van der Waals surface area (Å²) < 4.78 is 10.7. The number of aryl methyl sites for hydroxylation is 2. The Balaban J connectivity index is 3.04. The summed E-state index contributed by atoms with van der Waals surface area (Å²) >= 11 is 0. The second kappa shape index (κ2) is 7.68. The van der Waals surface area contributed by atoms with Crippen molar-refractivity contribution in [2.24, 2.45) is 0 Å². The van der Waals surface area contributed by atoms with Gasteiger partial charge in [0, 0.05) is 18.9 Å². The highest BCUT2D eigenvalue weighted by atomic mass is 16.5. The van der Waals surface area contributed by atoms with E-state index in [9.17, 15) is 9.59 Å². The van der Waals surface area contributed by atoms with Crippen molar-refractivity contribution in [1.29, 1.82) is 0 Å². The minimum atomic E-state index is 0.146. The molecule has 0 unspecified atom stereocenters. The maximum Gasteiger partial charge on any atom is 0.130 e. The topological polar surface area (TPSA) is 52.6 Å². The van der Waals surface area contributed by atoms with Crippen molar-refractivity contribution in [3.63, 3.8) is 0 Å². The van der Waals surface area contributed by atoms with Gasteiger partial charge in [0.05, 0.1) is 14.2 Å². The maximum atomic E-state index is 11.1. The van der Waals surface area contributed by atoms with E-state index >= 15 is 0 Å². The number of hydrogen-bond donors (Lipinski definition) is 0. The lowest BCUT2D eigenvalue weighted by atomic mass is 9.99. The number of methoxy groups -OCH3 is 2. The Kier molecular flexibility index (Phi) is 6.22. The molecule has 0 radical (unpaired) electrons. The molecule has 0 aliphatic rings. The molecule has 20 heavy (non-hydrogen) atoms. The maximum absolute atomic E-state index is 11.1. The summed E-state index contributed by atoms with van der Waals surface area (Å²) in [6, 6.07) is 3.80. The van der Waals surface area contributed by atoms with E-state index in [1.807, 2.05) is 12.1 Å². The molecule has 0 amide bonds. The van der Waals surface area contributed by atoms with Crippen LogP contribution in [0, 0.1) is 0 Å². The number of hydrogen-bond acceptors (Lipinski definition) is 4. The lowest BCUT2D eigenvalue weighted by Gasteiger charge is -2.14. The smallest absolute Gasteiger partial charge is 0.130 e. The molecule has 0 bridgehead atoms. The van der Waals surface area contributed by atoms with Crippen molar-refractivity contribution in [2.75, 3.05) is 14.2 Å². The van der Waals surface area contributed by atoms with Crippen LogP contribution >= 0.6 is 0 Å². The molecule has 0 fully saturated rings. The number of rotatable bonds is 8. The predicted molar refractivity (Wildman–Crippen MR) is 77.6 cm³/mol. The highest BCUT2D eigenvalue weighted by Gasteiger charge is 2.12. The zero-order valence-corrected chi connectivity index (χ0v) is 12.6. The number of carbonyl (C=O) groups is 2. The van der Waals surface area contributed by atoms with Crippen molar-refractivity contribution < 1.29 is 19.1 Å². The molecule has 110 valence electrons. The summed E-state index contributed by atoms with van der Waals surface area (Å²) in [5.74, 6) is 1.73. The van der Waals surface area contributed by atoms with E-state index in [1.165, 1.54) is 0 Å². The van der Waals surface area contributed by atoms with Crippen LogP contribution in [-0.2, 0) is 22.4 Å². The summed E-state index contributed by atoms with van der Waals surface area (Å²) in [5.41, 5.74) is 1.95. The molecule has 1 aromatic carbocycles. The van der Waals surface area contributed by atoms with E-state index in [4.69, 9.17) is 9.47 Å². The van der Waals surface area contributed by atoms with Gasteiger partial charge in [0.2, 0.25) is 0 Å². The van der Waals surface area contributed by atoms with Crippen LogP contribution in [0.3, 0.4) is 0 Å². The third-order valence-electron chi connectivity index (χ3n) is 3.18. The molecule has 0 aliphatic heterocycles. The SMILES string of the molecule is COc1cc(OC)c(CCC(C)=O)cc1CCC(C)=O. The monoisotopic (exact) mass is 278 g/mol. The van der Waals surface area contributed by atoms with E-state index in [1.54, 1.807) is 28.1 Å². The van der Waals surface area contributed by atoms with Crippen molar-refractivity contribution >= 4 is 11.6 Å². The third-order valence-corrected chi connectivity index (χ3v) is 3.18. The normalized spacial score (nSPS) is 10.2. The molecule has 0 saturated heterocycles. The third kappa shape index (κ3) is 4.68. The first-order valence-electron chi connectivity index (χ1n) is 6.70. The summed E-state index contributed by atoms with van der Waals surface area (Å²) in [5, 5.41) is 0. The molecule has 0 aliphatic carbocycles. The van der Waals surface area contributed by atoms with Gasteiger partial charge in [-0.1, -0.05) is 0 Å². The summed E-state index contributed by atoms with van der Waals surface area (Å²) in [6.07, 6.45) is 2.23. The molecule has 0 heterocycles. The molecule has 0 saturated carbocycles. The van der Waals surface area contributed by atoms with E-state index in [0.29, 0.717) is 25.7 Å². The Morgan fingerprint density at radius 2 is 1.25 bits per heavy atom. The Hall–Kier alpha value is -1.84. The van der Waals surface area contributed by atoms with Crippen LogP contribution in [0.25, 0.3) is 0 Å². The zero-order chi connectivity index (χ0) is 15.1. The van der Waals surface area contributed by atoms with Gasteiger partial charge in [-0.3, -0.25) is 0 Å². The molecule has 1 aromatic rings. The highest BCUT2D eigenvalue weighted by molar-refractivity contribution is 5.76. The van der Waals surface area contributed by atoms with Crippen LogP contribution in [0.2, 0.25) is 0 Å².